The summed E-state index contributed by atoms with van der Waals surface area (Å²) in [6.45, 7) is 8.27. The van der Waals surface area contributed by atoms with Gasteiger partial charge in [0, 0.05) is 25.3 Å². The maximum absolute atomic E-state index is 12.4. The first-order valence-corrected chi connectivity index (χ1v) is 11.8. The third-order valence-corrected chi connectivity index (χ3v) is 6.31. The molecule has 0 unspecified atom stereocenters. The topological polar surface area (TPSA) is 87.2 Å². The quantitative estimate of drug-likeness (QED) is 0.609. The number of hydrogen-bond donors (Lipinski definition) is 2. The van der Waals surface area contributed by atoms with Crippen molar-refractivity contribution in [1.29, 1.82) is 0 Å². The van der Waals surface area contributed by atoms with Gasteiger partial charge in [-0.3, -0.25) is 9.59 Å². The zero-order chi connectivity index (χ0) is 22.2. The lowest BCUT2D eigenvalue weighted by molar-refractivity contribution is -0.125. The number of amides is 2. The van der Waals surface area contributed by atoms with Crippen molar-refractivity contribution in [1.82, 2.24) is 15.5 Å². The Morgan fingerprint density at radius 1 is 1.16 bits per heavy atom. The molecular weight excluding hydrogens is 410 g/mol. The first-order chi connectivity index (χ1) is 15.0. The molecule has 1 aromatic carbocycles. The molecule has 1 aliphatic heterocycles. The van der Waals surface area contributed by atoms with Crippen molar-refractivity contribution in [3.63, 3.8) is 0 Å². The third kappa shape index (κ3) is 6.43. The fraction of sp³-hybridized carbons (Fsp3) is 0.478. The van der Waals surface area contributed by atoms with Crippen LogP contribution in [0.15, 0.2) is 35.4 Å². The number of para-hydroxylation sites is 1. The Bertz CT molecular complexity index is 883. The number of benzene rings is 1. The Balaban J connectivity index is 1.52. The molecule has 0 spiro atoms. The van der Waals surface area contributed by atoms with Gasteiger partial charge in [0.05, 0.1) is 11.7 Å². The van der Waals surface area contributed by atoms with Gasteiger partial charge >= 0.3 is 0 Å². The Hall–Kier alpha value is -2.61. The Morgan fingerprint density at radius 3 is 2.61 bits per heavy atom. The van der Waals surface area contributed by atoms with Gasteiger partial charge in [-0.2, -0.15) is 0 Å². The van der Waals surface area contributed by atoms with Crippen molar-refractivity contribution in [2.75, 3.05) is 35.6 Å². The maximum atomic E-state index is 12.4. The minimum absolute atomic E-state index is 0.00949. The minimum atomic E-state index is -0.0646. The summed E-state index contributed by atoms with van der Waals surface area (Å²) in [5.74, 6) is 1.10. The lowest BCUT2D eigenvalue weighted by Gasteiger charge is -2.32. The largest absolute Gasteiger partial charge is 0.356 e. The number of carbonyl (C=O) groups is 2. The molecule has 166 valence electrons. The summed E-state index contributed by atoms with van der Waals surface area (Å²) < 4.78 is 0. The van der Waals surface area contributed by atoms with E-state index in [1.54, 1.807) is 0 Å². The summed E-state index contributed by atoms with van der Waals surface area (Å²) in [6.07, 6.45) is 2.80. The van der Waals surface area contributed by atoms with E-state index in [-0.39, 0.29) is 23.5 Å². The number of hydrogen-bond acceptors (Lipinski definition) is 6. The first-order valence-electron chi connectivity index (χ1n) is 10.8. The van der Waals surface area contributed by atoms with E-state index in [0.717, 1.165) is 55.0 Å². The van der Waals surface area contributed by atoms with Gasteiger partial charge in [0.1, 0.15) is 5.03 Å². The van der Waals surface area contributed by atoms with E-state index < -0.39 is 0 Å². The third-order valence-electron chi connectivity index (χ3n) is 5.39. The molecule has 3 rings (SSSR count). The van der Waals surface area contributed by atoms with E-state index in [1.807, 2.05) is 44.2 Å². The van der Waals surface area contributed by atoms with Crippen LogP contribution in [0.3, 0.4) is 0 Å². The van der Waals surface area contributed by atoms with E-state index in [1.165, 1.54) is 11.8 Å². The van der Waals surface area contributed by atoms with Crippen molar-refractivity contribution in [2.24, 2.45) is 5.92 Å². The van der Waals surface area contributed by atoms with Crippen LogP contribution in [-0.4, -0.2) is 47.4 Å². The lowest BCUT2D eigenvalue weighted by atomic mass is 9.97. The molecule has 0 aliphatic carbocycles. The Labute approximate surface area is 188 Å². The predicted molar refractivity (Wildman–Crippen MR) is 126 cm³/mol. The molecular formula is C23H31N5O2S. The highest BCUT2D eigenvalue weighted by Gasteiger charge is 2.26. The zero-order valence-corrected chi connectivity index (χ0v) is 19.3. The summed E-state index contributed by atoms with van der Waals surface area (Å²) >= 11 is 1.36. The highest BCUT2D eigenvalue weighted by Crippen LogP contribution is 2.24. The molecule has 31 heavy (non-hydrogen) atoms. The van der Waals surface area contributed by atoms with Gasteiger partial charge in [0.25, 0.3) is 0 Å². The molecule has 0 radical (unpaired) electrons. The molecule has 2 N–H and O–H groups in total. The summed E-state index contributed by atoms with van der Waals surface area (Å²) in [5.41, 5.74) is 2.97. The number of piperidine rings is 1. The van der Waals surface area contributed by atoms with Crippen molar-refractivity contribution < 1.29 is 9.59 Å². The van der Waals surface area contributed by atoms with Crippen LogP contribution in [0, 0.1) is 19.8 Å². The lowest BCUT2D eigenvalue weighted by Crippen LogP contribution is -2.43. The number of aryl methyl sites for hydroxylation is 2. The fourth-order valence-corrected chi connectivity index (χ4v) is 4.29. The molecule has 0 bridgehead atoms. The number of aromatic nitrogens is 2. The van der Waals surface area contributed by atoms with Crippen LogP contribution in [0.25, 0.3) is 0 Å². The Morgan fingerprint density at radius 2 is 1.94 bits per heavy atom. The highest BCUT2D eigenvalue weighted by molar-refractivity contribution is 7.99. The van der Waals surface area contributed by atoms with Gasteiger partial charge < -0.3 is 15.5 Å². The van der Waals surface area contributed by atoms with E-state index in [0.29, 0.717) is 11.6 Å². The molecule has 1 atom stereocenters. The van der Waals surface area contributed by atoms with Crippen LogP contribution in [-0.2, 0) is 9.59 Å². The molecule has 2 aromatic rings. The second-order valence-corrected chi connectivity index (χ2v) is 8.91. The second kappa shape index (κ2) is 11.1. The standard InChI is InChI=1S/C23H31N5O2S/c1-4-12-24-23(30)18-9-6-13-28(14-18)19-10-11-21(27-26-19)31-15-20(29)25-22-16(2)7-5-8-17(22)3/h5,7-8,10-11,18H,4,6,9,12-15H2,1-3H3,(H,24,30)(H,25,29)/t18-/m0/s1. The van der Waals surface area contributed by atoms with Crippen LogP contribution in [0.4, 0.5) is 11.5 Å². The molecule has 1 saturated heterocycles. The van der Waals surface area contributed by atoms with Crippen molar-refractivity contribution in [3.8, 4) is 0 Å². The average Bonchev–Trinajstić information content (AvgIpc) is 2.79. The van der Waals surface area contributed by atoms with Crippen LogP contribution in [0.5, 0.6) is 0 Å². The zero-order valence-electron chi connectivity index (χ0n) is 18.5. The Kier molecular flexibility index (Phi) is 8.28. The SMILES string of the molecule is CCCNC(=O)[C@H]1CCCN(c2ccc(SCC(=O)Nc3c(C)cccc3C)nn2)C1. The summed E-state index contributed by atoms with van der Waals surface area (Å²) in [5, 5.41) is 15.3. The van der Waals surface area contributed by atoms with Crippen LogP contribution in [0.2, 0.25) is 0 Å². The molecule has 2 amide bonds. The minimum Gasteiger partial charge on any atom is -0.356 e. The van der Waals surface area contributed by atoms with Gasteiger partial charge in [0.15, 0.2) is 5.82 Å². The molecule has 2 heterocycles. The highest BCUT2D eigenvalue weighted by atomic mass is 32.2. The van der Waals surface area contributed by atoms with E-state index in [4.69, 9.17) is 0 Å². The summed E-state index contributed by atoms with van der Waals surface area (Å²) in [4.78, 5) is 26.8. The van der Waals surface area contributed by atoms with Crippen LogP contribution in [0.1, 0.15) is 37.3 Å². The number of anilines is 2. The van der Waals surface area contributed by atoms with Crippen LogP contribution >= 0.6 is 11.8 Å². The van der Waals surface area contributed by atoms with Gasteiger partial charge in [0.2, 0.25) is 11.8 Å². The van der Waals surface area contributed by atoms with E-state index in [9.17, 15) is 9.59 Å². The first kappa shape index (κ1) is 23.1. The smallest absolute Gasteiger partial charge is 0.234 e. The van der Waals surface area contributed by atoms with Crippen LogP contribution < -0.4 is 15.5 Å². The molecule has 1 aromatic heterocycles. The molecule has 7 nitrogen and oxygen atoms in total. The van der Waals surface area contributed by atoms with Crippen molar-refractivity contribution >= 4 is 35.1 Å². The average molecular weight is 442 g/mol. The van der Waals surface area contributed by atoms with E-state index >= 15 is 0 Å². The van der Waals surface area contributed by atoms with E-state index in [2.05, 4.69) is 32.7 Å². The summed E-state index contributed by atoms with van der Waals surface area (Å²) in [6, 6.07) is 9.76. The van der Waals surface area contributed by atoms with Crippen molar-refractivity contribution in [3.05, 3.63) is 41.5 Å². The number of nitrogens with zero attached hydrogens (tertiary/aromatic N) is 3. The molecule has 8 heteroatoms. The van der Waals surface area contributed by atoms with Gasteiger partial charge in [-0.15, -0.1) is 10.2 Å². The van der Waals surface area contributed by atoms with Gasteiger partial charge in [-0.25, -0.2) is 0 Å². The number of rotatable bonds is 8. The fourth-order valence-electron chi connectivity index (χ4n) is 3.68. The van der Waals surface area contributed by atoms with Gasteiger partial charge in [-0.1, -0.05) is 36.9 Å². The van der Waals surface area contributed by atoms with Crippen molar-refractivity contribution in [2.45, 2.75) is 45.1 Å². The summed E-state index contributed by atoms with van der Waals surface area (Å²) in [7, 11) is 0. The number of carbonyl (C=O) groups excluding carboxylic acids is 2. The predicted octanol–water partition coefficient (Wildman–Crippen LogP) is 3.57. The maximum Gasteiger partial charge on any atom is 0.234 e. The van der Waals surface area contributed by atoms with Gasteiger partial charge in [-0.05, 0) is 56.4 Å². The molecule has 1 aliphatic rings. The normalized spacial score (nSPS) is 16.1. The molecule has 0 saturated carbocycles. The number of nitrogens with one attached hydrogen (secondary N) is 2. The monoisotopic (exact) mass is 441 g/mol. The number of thioether (sulfide) groups is 1. The molecule has 1 fully saturated rings. The second-order valence-electron chi connectivity index (χ2n) is 7.91.